The van der Waals surface area contributed by atoms with Crippen molar-refractivity contribution >= 4 is 0 Å². The van der Waals surface area contributed by atoms with E-state index in [0.717, 1.165) is 19.5 Å². The van der Waals surface area contributed by atoms with Crippen molar-refractivity contribution in [3.8, 4) is 0 Å². The van der Waals surface area contributed by atoms with Crippen molar-refractivity contribution in [3.63, 3.8) is 0 Å². The summed E-state index contributed by atoms with van der Waals surface area (Å²) in [5.41, 5.74) is -0.500. The van der Waals surface area contributed by atoms with E-state index in [1.54, 1.807) is 14.2 Å². The number of aliphatic hydroxyl groups is 1. The molecule has 0 amide bonds. The van der Waals surface area contributed by atoms with Gasteiger partial charge >= 0.3 is 0 Å². The number of hydrogen-bond acceptors (Lipinski definition) is 4. The van der Waals surface area contributed by atoms with Gasteiger partial charge in [0, 0.05) is 20.8 Å². The van der Waals surface area contributed by atoms with Crippen LogP contribution in [0.4, 0.5) is 0 Å². The van der Waals surface area contributed by atoms with Crippen LogP contribution >= 0.6 is 0 Å². The molecule has 0 aromatic heterocycles. The van der Waals surface area contributed by atoms with Gasteiger partial charge in [0.2, 0.25) is 0 Å². The first-order valence-electron chi connectivity index (χ1n) is 4.18. The van der Waals surface area contributed by atoms with Gasteiger partial charge in [0.05, 0.1) is 6.61 Å². The van der Waals surface area contributed by atoms with Crippen molar-refractivity contribution in [2.24, 2.45) is 0 Å². The fraction of sp³-hybridized carbons (Fsp3) is 1.00. The lowest BCUT2D eigenvalue weighted by Crippen LogP contribution is -2.58. The Balaban J connectivity index is 2.66. The third kappa shape index (κ3) is 1.61. The van der Waals surface area contributed by atoms with E-state index in [4.69, 9.17) is 9.47 Å². The summed E-state index contributed by atoms with van der Waals surface area (Å²) in [5, 5.41) is 12.4. The molecular formula is C8H17NO3. The van der Waals surface area contributed by atoms with Crippen LogP contribution in [0.25, 0.3) is 0 Å². The zero-order valence-corrected chi connectivity index (χ0v) is 7.67. The lowest BCUT2D eigenvalue weighted by molar-refractivity contribution is -0.153. The van der Waals surface area contributed by atoms with Crippen molar-refractivity contribution in [2.75, 3.05) is 33.9 Å². The molecule has 0 aromatic carbocycles. The zero-order valence-electron chi connectivity index (χ0n) is 7.67. The maximum atomic E-state index is 9.21. The van der Waals surface area contributed by atoms with Crippen LogP contribution < -0.4 is 5.32 Å². The molecule has 0 bridgehead atoms. The molecule has 2 N–H and O–H groups in total. The molecule has 0 aliphatic carbocycles. The Morgan fingerprint density at radius 3 is 2.75 bits per heavy atom. The average molecular weight is 175 g/mol. The first-order valence-corrected chi connectivity index (χ1v) is 4.18. The van der Waals surface area contributed by atoms with Gasteiger partial charge in [-0.05, 0) is 13.0 Å². The normalized spacial score (nSPS) is 36.8. The molecule has 2 unspecified atom stereocenters. The Kier molecular flexibility index (Phi) is 3.46. The highest BCUT2D eigenvalue weighted by Crippen LogP contribution is 2.23. The van der Waals surface area contributed by atoms with E-state index in [-0.39, 0.29) is 12.7 Å². The molecule has 0 spiro atoms. The van der Waals surface area contributed by atoms with E-state index in [1.807, 2.05) is 0 Å². The molecule has 0 aromatic rings. The van der Waals surface area contributed by atoms with E-state index in [9.17, 15) is 5.11 Å². The highest BCUT2D eigenvalue weighted by atomic mass is 16.5. The molecule has 0 saturated carbocycles. The van der Waals surface area contributed by atoms with E-state index in [0.29, 0.717) is 0 Å². The number of piperidine rings is 1. The second-order valence-corrected chi connectivity index (χ2v) is 3.11. The van der Waals surface area contributed by atoms with Gasteiger partial charge in [0.15, 0.2) is 0 Å². The van der Waals surface area contributed by atoms with Gasteiger partial charge in [-0.15, -0.1) is 0 Å². The van der Waals surface area contributed by atoms with Crippen LogP contribution in [0.2, 0.25) is 0 Å². The Bertz CT molecular complexity index is 136. The SMILES string of the molecule is COC1CNCCC1(CO)OC. The number of rotatable bonds is 3. The summed E-state index contributed by atoms with van der Waals surface area (Å²) in [5.74, 6) is 0. The third-order valence-corrected chi connectivity index (χ3v) is 2.60. The highest BCUT2D eigenvalue weighted by Gasteiger charge is 2.40. The van der Waals surface area contributed by atoms with Crippen LogP contribution in [-0.2, 0) is 9.47 Å². The van der Waals surface area contributed by atoms with Crippen LogP contribution in [-0.4, -0.2) is 50.7 Å². The topological polar surface area (TPSA) is 50.7 Å². The molecule has 1 rings (SSSR count). The number of nitrogens with one attached hydrogen (secondary N) is 1. The first kappa shape index (κ1) is 9.92. The molecule has 72 valence electrons. The molecule has 4 nitrogen and oxygen atoms in total. The molecule has 1 aliphatic heterocycles. The van der Waals surface area contributed by atoms with Crippen molar-refractivity contribution in [1.82, 2.24) is 5.32 Å². The molecule has 1 fully saturated rings. The predicted molar refractivity (Wildman–Crippen MR) is 45.1 cm³/mol. The monoisotopic (exact) mass is 175 g/mol. The lowest BCUT2D eigenvalue weighted by atomic mass is 9.90. The fourth-order valence-corrected chi connectivity index (χ4v) is 1.66. The van der Waals surface area contributed by atoms with Gasteiger partial charge < -0.3 is 19.9 Å². The van der Waals surface area contributed by atoms with Crippen molar-refractivity contribution < 1.29 is 14.6 Å². The first-order chi connectivity index (χ1) is 5.79. The Hall–Kier alpha value is -0.160. The smallest absolute Gasteiger partial charge is 0.119 e. The van der Waals surface area contributed by atoms with Gasteiger partial charge in [-0.1, -0.05) is 0 Å². The largest absolute Gasteiger partial charge is 0.393 e. The average Bonchev–Trinajstić information content (AvgIpc) is 2.17. The summed E-state index contributed by atoms with van der Waals surface area (Å²) in [6, 6.07) is 0. The summed E-state index contributed by atoms with van der Waals surface area (Å²) in [6.07, 6.45) is 0.736. The predicted octanol–water partition coefficient (Wildman–Crippen LogP) is -0.628. The minimum Gasteiger partial charge on any atom is -0.393 e. The van der Waals surface area contributed by atoms with Gasteiger partial charge in [0.1, 0.15) is 11.7 Å². The highest BCUT2D eigenvalue weighted by molar-refractivity contribution is 4.94. The van der Waals surface area contributed by atoms with Crippen LogP contribution in [0.3, 0.4) is 0 Å². The minimum atomic E-state index is -0.500. The Labute approximate surface area is 72.9 Å². The second kappa shape index (κ2) is 4.18. The maximum Gasteiger partial charge on any atom is 0.119 e. The van der Waals surface area contributed by atoms with Crippen LogP contribution in [0.5, 0.6) is 0 Å². The number of aliphatic hydroxyl groups excluding tert-OH is 1. The molecule has 1 saturated heterocycles. The molecule has 0 radical (unpaired) electrons. The van der Waals surface area contributed by atoms with E-state index in [1.165, 1.54) is 0 Å². The van der Waals surface area contributed by atoms with Gasteiger partial charge in [-0.2, -0.15) is 0 Å². The van der Waals surface area contributed by atoms with Gasteiger partial charge in [0.25, 0.3) is 0 Å². The van der Waals surface area contributed by atoms with Gasteiger partial charge in [-0.3, -0.25) is 0 Å². The summed E-state index contributed by atoms with van der Waals surface area (Å²) < 4.78 is 10.6. The van der Waals surface area contributed by atoms with E-state index < -0.39 is 5.60 Å². The molecule has 12 heavy (non-hydrogen) atoms. The molecule has 1 heterocycles. The number of methoxy groups -OCH3 is 2. The third-order valence-electron chi connectivity index (χ3n) is 2.60. The number of ether oxygens (including phenoxy) is 2. The van der Waals surface area contributed by atoms with E-state index >= 15 is 0 Å². The van der Waals surface area contributed by atoms with Crippen LogP contribution in [0, 0.1) is 0 Å². The van der Waals surface area contributed by atoms with Crippen LogP contribution in [0.15, 0.2) is 0 Å². The molecule has 2 atom stereocenters. The maximum absolute atomic E-state index is 9.21. The number of hydrogen-bond donors (Lipinski definition) is 2. The van der Waals surface area contributed by atoms with Crippen molar-refractivity contribution in [1.29, 1.82) is 0 Å². The lowest BCUT2D eigenvalue weighted by Gasteiger charge is -2.40. The van der Waals surface area contributed by atoms with Gasteiger partial charge in [-0.25, -0.2) is 0 Å². The van der Waals surface area contributed by atoms with E-state index in [2.05, 4.69) is 5.32 Å². The summed E-state index contributed by atoms with van der Waals surface area (Å²) in [4.78, 5) is 0. The Morgan fingerprint density at radius 1 is 1.58 bits per heavy atom. The summed E-state index contributed by atoms with van der Waals surface area (Å²) >= 11 is 0. The van der Waals surface area contributed by atoms with Crippen LogP contribution in [0.1, 0.15) is 6.42 Å². The second-order valence-electron chi connectivity index (χ2n) is 3.11. The van der Waals surface area contributed by atoms with Crippen molar-refractivity contribution in [2.45, 2.75) is 18.1 Å². The minimum absolute atomic E-state index is 0.0175. The van der Waals surface area contributed by atoms with Crippen molar-refractivity contribution in [3.05, 3.63) is 0 Å². The summed E-state index contributed by atoms with van der Waals surface area (Å²) in [7, 11) is 3.26. The summed E-state index contributed by atoms with van der Waals surface area (Å²) in [6.45, 7) is 1.63. The zero-order chi connectivity index (χ0) is 9.03. The Morgan fingerprint density at radius 2 is 2.33 bits per heavy atom. The molecule has 1 aliphatic rings. The molecule has 4 heteroatoms. The quantitative estimate of drug-likeness (QED) is 0.600. The fourth-order valence-electron chi connectivity index (χ4n) is 1.66. The molecular weight excluding hydrogens is 158 g/mol. The standard InChI is InChI=1S/C8H17NO3/c1-11-7-5-9-4-3-8(7,6-10)12-2/h7,9-10H,3-6H2,1-2H3.